The number of amides is 2. The van der Waals surface area contributed by atoms with Gasteiger partial charge in [0.05, 0.1) is 13.2 Å². The Morgan fingerprint density at radius 1 is 1.09 bits per heavy atom. The summed E-state index contributed by atoms with van der Waals surface area (Å²) in [5, 5.41) is 7.81. The average molecular weight is 449 g/mol. The molecule has 5 nitrogen and oxygen atoms in total. The second kappa shape index (κ2) is 10.8. The van der Waals surface area contributed by atoms with Crippen molar-refractivity contribution < 1.29 is 14.3 Å². The van der Waals surface area contributed by atoms with Gasteiger partial charge in [-0.15, -0.1) is 11.3 Å². The fourth-order valence-corrected chi connectivity index (χ4v) is 4.12. The Hall–Kier alpha value is -3.38. The molecular weight excluding hydrogens is 420 g/mol. The zero-order valence-corrected chi connectivity index (χ0v) is 19.6. The van der Waals surface area contributed by atoms with Gasteiger partial charge in [0.1, 0.15) is 11.4 Å². The molecule has 0 saturated carbocycles. The number of aryl methyl sites for hydroxylation is 2. The number of hydrogen-bond acceptors (Lipinski definition) is 4. The molecule has 2 amide bonds. The average Bonchev–Trinajstić information content (AvgIpc) is 3.30. The minimum Gasteiger partial charge on any atom is -0.497 e. The highest BCUT2D eigenvalue weighted by atomic mass is 32.1. The molecule has 2 N–H and O–H groups in total. The van der Waals surface area contributed by atoms with Crippen LogP contribution in [0, 0.1) is 13.8 Å². The van der Waals surface area contributed by atoms with E-state index in [0.717, 1.165) is 22.4 Å². The zero-order chi connectivity index (χ0) is 23.1. The van der Waals surface area contributed by atoms with Crippen molar-refractivity contribution in [2.75, 3.05) is 7.11 Å². The van der Waals surface area contributed by atoms with Crippen molar-refractivity contribution in [1.29, 1.82) is 0 Å². The molecule has 1 atom stereocenters. The third kappa shape index (κ3) is 5.86. The van der Waals surface area contributed by atoms with Crippen molar-refractivity contribution in [3.8, 4) is 5.75 Å². The number of ether oxygens (including phenoxy) is 1. The first-order chi connectivity index (χ1) is 15.4. The topological polar surface area (TPSA) is 67.4 Å². The van der Waals surface area contributed by atoms with E-state index in [1.165, 1.54) is 16.9 Å². The fraction of sp³-hybridized carbons (Fsp3) is 0.231. The van der Waals surface area contributed by atoms with Gasteiger partial charge in [0.2, 0.25) is 0 Å². The first kappa shape index (κ1) is 23.3. The van der Waals surface area contributed by atoms with Gasteiger partial charge in [0.25, 0.3) is 11.8 Å². The number of hydrogen-bond donors (Lipinski definition) is 2. The van der Waals surface area contributed by atoms with E-state index < -0.39 is 0 Å². The number of rotatable bonds is 8. The maximum absolute atomic E-state index is 13.2. The van der Waals surface area contributed by atoms with Crippen LogP contribution in [0.4, 0.5) is 0 Å². The fourth-order valence-electron chi connectivity index (χ4n) is 3.46. The van der Waals surface area contributed by atoms with Gasteiger partial charge in [-0.3, -0.25) is 9.59 Å². The lowest BCUT2D eigenvalue weighted by Crippen LogP contribution is -2.37. The van der Waals surface area contributed by atoms with Gasteiger partial charge in [-0.2, -0.15) is 0 Å². The molecule has 0 aliphatic carbocycles. The highest BCUT2D eigenvalue weighted by Gasteiger charge is 2.20. The smallest absolute Gasteiger partial charge is 0.268 e. The van der Waals surface area contributed by atoms with Crippen LogP contribution >= 0.6 is 11.3 Å². The summed E-state index contributed by atoms with van der Waals surface area (Å²) >= 11 is 1.50. The summed E-state index contributed by atoms with van der Waals surface area (Å²) < 4.78 is 5.15. The second-order valence-electron chi connectivity index (χ2n) is 7.55. The molecule has 0 saturated heterocycles. The van der Waals surface area contributed by atoms with E-state index >= 15 is 0 Å². The summed E-state index contributed by atoms with van der Waals surface area (Å²) in [6.07, 6.45) is 2.44. The predicted molar refractivity (Wildman–Crippen MR) is 130 cm³/mol. The van der Waals surface area contributed by atoms with Crippen LogP contribution in [0.3, 0.4) is 0 Å². The summed E-state index contributed by atoms with van der Waals surface area (Å²) in [4.78, 5) is 27.0. The number of carbonyl (C=O) groups is 2. The summed E-state index contributed by atoms with van der Waals surface area (Å²) in [5.74, 6) is -0.0230. The molecule has 0 bridgehead atoms. The molecule has 0 fully saturated rings. The van der Waals surface area contributed by atoms with Crippen molar-refractivity contribution in [3.05, 3.63) is 92.8 Å². The Balaban J connectivity index is 1.84. The third-order valence-electron chi connectivity index (χ3n) is 5.19. The van der Waals surface area contributed by atoms with Crippen molar-refractivity contribution in [2.24, 2.45) is 0 Å². The number of thiophene rings is 1. The zero-order valence-electron chi connectivity index (χ0n) is 18.8. The van der Waals surface area contributed by atoms with E-state index in [4.69, 9.17) is 4.74 Å². The predicted octanol–water partition coefficient (Wildman–Crippen LogP) is 5.41. The van der Waals surface area contributed by atoms with E-state index in [1.54, 1.807) is 37.5 Å². The summed E-state index contributed by atoms with van der Waals surface area (Å²) in [7, 11) is 1.57. The van der Waals surface area contributed by atoms with Gasteiger partial charge in [0, 0.05) is 10.4 Å². The first-order valence-electron chi connectivity index (χ1n) is 10.5. The molecule has 32 heavy (non-hydrogen) atoms. The molecular formula is C26H28N2O3S. The Bertz CT molecular complexity index is 1100. The molecule has 6 heteroatoms. The van der Waals surface area contributed by atoms with E-state index in [-0.39, 0.29) is 23.6 Å². The number of methoxy groups -OCH3 is 1. The van der Waals surface area contributed by atoms with Crippen LogP contribution in [0.2, 0.25) is 0 Å². The third-order valence-corrected chi connectivity index (χ3v) is 6.01. The minimum atomic E-state index is -0.356. The Labute approximate surface area is 193 Å². The molecule has 0 aliphatic heterocycles. The quantitative estimate of drug-likeness (QED) is 0.453. The van der Waals surface area contributed by atoms with Crippen LogP contribution in [0.15, 0.2) is 65.7 Å². The molecule has 2 aromatic carbocycles. The molecule has 166 valence electrons. The minimum absolute atomic E-state index is 0.160. The van der Waals surface area contributed by atoms with E-state index in [2.05, 4.69) is 22.8 Å². The van der Waals surface area contributed by atoms with Crippen LogP contribution < -0.4 is 15.4 Å². The lowest BCUT2D eigenvalue weighted by Gasteiger charge is -2.21. The van der Waals surface area contributed by atoms with Crippen molar-refractivity contribution in [3.63, 3.8) is 0 Å². The summed E-state index contributed by atoms with van der Waals surface area (Å²) in [5.41, 5.74) is 4.03. The first-order valence-corrected chi connectivity index (χ1v) is 11.4. The molecule has 0 spiro atoms. The molecule has 1 aromatic heterocycles. The van der Waals surface area contributed by atoms with E-state index in [0.29, 0.717) is 11.3 Å². The molecule has 0 unspecified atom stereocenters. The molecule has 1 heterocycles. The number of nitrogens with one attached hydrogen (secondary N) is 2. The monoisotopic (exact) mass is 448 g/mol. The summed E-state index contributed by atoms with van der Waals surface area (Å²) in [6.45, 7) is 6.13. The highest BCUT2D eigenvalue weighted by Crippen LogP contribution is 2.22. The Kier molecular flexibility index (Phi) is 7.84. The highest BCUT2D eigenvalue weighted by molar-refractivity contribution is 7.10. The van der Waals surface area contributed by atoms with Crippen LogP contribution in [-0.4, -0.2) is 18.9 Å². The van der Waals surface area contributed by atoms with Gasteiger partial charge < -0.3 is 15.4 Å². The van der Waals surface area contributed by atoms with Gasteiger partial charge in [0.15, 0.2) is 0 Å². The number of benzene rings is 2. The molecule has 0 aliphatic rings. The van der Waals surface area contributed by atoms with Crippen molar-refractivity contribution in [1.82, 2.24) is 10.6 Å². The Morgan fingerprint density at radius 2 is 1.84 bits per heavy atom. The summed E-state index contributed by atoms with van der Waals surface area (Å²) in [6, 6.07) is 16.6. The SMILES string of the molecule is CC[C@@H](NC(=O)/C(=C/c1cccs1)NC(=O)c1ccc(OC)cc1)c1ccc(C)cc1C. The van der Waals surface area contributed by atoms with Crippen molar-refractivity contribution >= 4 is 29.2 Å². The van der Waals surface area contributed by atoms with E-state index in [9.17, 15) is 9.59 Å². The maximum Gasteiger partial charge on any atom is 0.268 e. The van der Waals surface area contributed by atoms with Gasteiger partial charge in [-0.25, -0.2) is 0 Å². The van der Waals surface area contributed by atoms with Gasteiger partial charge in [-0.05, 0) is 73.2 Å². The standard InChI is InChI=1S/C26H28N2O3S/c1-5-23(22-13-8-17(2)15-18(22)3)27-26(30)24(16-21-7-6-14-32-21)28-25(29)19-9-11-20(31-4)12-10-19/h6-16,23H,5H2,1-4H3,(H,27,30)(H,28,29)/b24-16-/t23-/m1/s1. The molecule has 3 aromatic rings. The van der Waals surface area contributed by atoms with Crippen LogP contribution in [-0.2, 0) is 4.79 Å². The normalized spacial score (nSPS) is 12.2. The lowest BCUT2D eigenvalue weighted by molar-refractivity contribution is -0.118. The largest absolute Gasteiger partial charge is 0.497 e. The van der Waals surface area contributed by atoms with Gasteiger partial charge >= 0.3 is 0 Å². The lowest BCUT2D eigenvalue weighted by atomic mass is 9.97. The van der Waals surface area contributed by atoms with Crippen LogP contribution in [0.5, 0.6) is 5.75 Å². The maximum atomic E-state index is 13.2. The second-order valence-corrected chi connectivity index (χ2v) is 8.53. The van der Waals surface area contributed by atoms with Crippen molar-refractivity contribution in [2.45, 2.75) is 33.2 Å². The van der Waals surface area contributed by atoms with Crippen LogP contribution in [0.1, 0.15) is 51.3 Å². The Morgan fingerprint density at radius 3 is 2.44 bits per heavy atom. The van der Waals surface area contributed by atoms with Gasteiger partial charge in [-0.1, -0.05) is 36.8 Å². The van der Waals surface area contributed by atoms with Crippen LogP contribution in [0.25, 0.3) is 6.08 Å². The molecule has 0 radical (unpaired) electrons. The molecule has 3 rings (SSSR count). The van der Waals surface area contributed by atoms with E-state index in [1.807, 2.05) is 44.4 Å². The number of carbonyl (C=O) groups excluding carboxylic acids is 2.